The smallest absolute Gasteiger partial charge is 0.380 e. The van der Waals surface area contributed by atoms with Crippen LogP contribution in [0.5, 0.6) is 0 Å². The van der Waals surface area contributed by atoms with Crippen LogP contribution in [0.25, 0.3) is 0 Å². The third-order valence-corrected chi connectivity index (χ3v) is 4.23. The van der Waals surface area contributed by atoms with E-state index in [0.29, 0.717) is 6.54 Å². The molecule has 0 bridgehead atoms. The van der Waals surface area contributed by atoms with Crippen LogP contribution < -0.4 is 5.32 Å². The lowest BCUT2D eigenvalue weighted by atomic mass is 10.1. The van der Waals surface area contributed by atoms with Crippen LogP contribution in [0.1, 0.15) is 16.0 Å². The molecule has 0 atom stereocenters. The Morgan fingerprint density at radius 3 is 2.60 bits per heavy atom. The second-order valence-corrected chi connectivity index (χ2v) is 5.87. The predicted octanol–water partition coefficient (Wildman–Crippen LogP) is 5.01. The van der Waals surface area contributed by atoms with Gasteiger partial charge in [-0.15, -0.1) is 11.3 Å². The van der Waals surface area contributed by atoms with Gasteiger partial charge in [-0.05, 0) is 40.2 Å². The normalized spacial score (nSPS) is 11.2. The molecular formula is C13H8BrF3N2S. The maximum Gasteiger partial charge on any atom is 0.418 e. The SMILES string of the molecule is N#Cc1ccc(NCc2cc(Br)cs2)c(C(F)(F)F)c1. The number of benzene rings is 1. The molecule has 0 saturated heterocycles. The molecule has 1 heterocycles. The highest BCUT2D eigenvalue weighted by Crippen LogP contribution is 2.35. The Hall–Kier alpha value is -1.52. The summed E-state index contributed by atoms with van der Waals surface area (Å²) in [6, 6.07) is 7.05. The second kappa shape index (κ2) is 5.85. The van der Waals surface area contributed by atoms with Gasteiger partial charge in [-0.2, -0.15) is 18.4 Å². The van der Waals surface area contributed by atoms with Gasteiger partial charge in [0.25, 0.3) is 0 Å². The Kier molecular flexibility index (Phi) is 4.35. The van der Waals surface area contributed by atoms with Crippen molar-refractivity contribution in [2.45, 2.75) is 12.7 Å². The van der Waals surface area contributed by atoms with Gasteiger partial charge in [-0.25, -0.2) is 0 Å². The zero-order valence-corrected chi connectivity index (χ0v) is 12.4. The molecule has 0 spiro atoms. The van der Waals surface area contributed by atoms with Crippen molar-refractivity contribution in [2.75, 3.05) is 5.32 Å². The molecule has 2 nitrogen and oxygen atoms in total. The number of thiophene rings is 1. The number of alkyl halides is 3. The Balaban J connectivity index is 2.25. The van der Waals surface area contributed by atoms with Gasteiger partial charge < -0.3 is 5.32 Å². The number of nitriles is 1. The highest BCUT2D eigenvalue weighted by Gasteiger charge is 2.33. The number of anilines is 1. The van der Waals surface area contributed by atoms with E-state index in [1.165, 1.54) is 23.5 Å². The third kappa shape index (κ3) is 3.52. The van der Waals surface area contributed by atoms with E-state index in [9.17, 15) is 13.2 Å². The van der Waals surface area contributed by atoms with Crippen molar-refractivity contribution in [3.63, 3.8) is 0 Å². The topological polar surface area (TPSA) is 35.8 Å². The molecule has 7 heteroatoms. The summed E-state index contributed by atoms with van der Waals surface area (Å²) in [7, 11) is 0. The Morgan fingerprint density at radius 2 is 2.05 bits per heavy atom. The van der Waals surface area contributed by atoms with Gasteiger partial charge in [0.15, 0.2) is 0 Å². The summed E-state index contributed by atoms with van der Waals surface area (Å²) in [5.41, 5.74) is -0.866. The monoisotopic (exact) mass is 360 g/mol. The molecular weight excluding hydrogens is 353 g/mol. The van der Waals surface area contributed by atoms with Gasteiger partial charge in [0, 0.05) is 27.0 Å². The summed E-state index contributed by atoms with van der Waals surface area (Å²) < 4.78 is 39.7. The average molecular weight is 361 g/mol. The molecule has 1 aromatic carbocycles. The van der Waals surface area contributed by atoms with Crippen LogP contribution in [0.2, 0.25) is 0 Å². The van der Waals surface area contributed by atoms with Crippen molar-refractivity contribution in [3.05, 3.63) is 50.1 Å². The molecule has 104 valence electrons. The summed E-state index contributed by atoms with van der Waals surface area (Å²) in [4.78, 5) is 0.911. The molecule has 0 aliphatic heterocycles. The predicted molar refractivity (Wildman–Crippen MR) is 75.5 cm³/mol. The molecule has 0 saturated carbocycles. The Labute approximate surface area is 126 Å². The summed E-state index contributed by atoms with van der Waals surface area (Å²) in [5.74, 6) is 0. The molecule has 20 heavy (non-hydrogen) atoms. The first kappa shape index (κ1) is 14.9. The first-order valence-electron chi connectivity index (χ1n) is 5.48. The summed E-state index contributed by atoms with van der Waals surface area (Å²) in [6.07, 6.45) is -4.49. The van der Waals surface area contributed by atoms with Crippen molar-refractivity contribution < 1.29 is 13.2 Å². The van der Waals surface area contributed by atoms with Crippen LogP contribution in [0.4, 0.5) is 18.9 Å². The van der Waals surface area contributed by atoms with Crippen LogP contribution in [0.3, 0.4) is 0 Å². The van der Waals surface area contributed by atoms with Gasteiger partial charge in [0.1, 0.15) is 0 Å². The van der Waals surface area contributed by atoms with Gasteiger partial charge in [0.05, 0.1) is 17.2 Å². The number of nitrogens with one attached hydrogen (secondary N) is 1. The molecule has 0 amide bonds. The van der Waals surface area contributed by atoms with E-state index in [0.717, 1.165) is 15.4 Å². The molecule has 1 aromatic heterocycles. The highest BCUT2D eigenvalue weighted by molar-refractivity contribution is 9.10. The van der Waals surface area contributed by atoms with Crippen molar-refractivity contribution in [2.24, 2.45) is 0 Å². The molecule has 2 aromatic rings. The summed E-state index contributed by atoms with van der Waals surface area (Å²) >= 11 is 4.74. The average Bonchev–Trinajstić information content (AvgIpc) is 2.81. The van der Waals surface area contributed by atoms with Crippen LogP contribution in [0.15, 0.2) is 34.1 Å². The Morgan fingerprint density at radius 1 is 1.30 bits per heavy atom. The fourth-order valence-corrected chi connectivity index (χ4v) is 3.02. The Bertz CT molecular complexity index is 658. The summed E-state index contributed by atoms with van der Waals surface area (Å²) in [6.45, 7) is 0.297. The molecule has 1 N–H and O–H groups in total. The van der Waals surface area contributed by atoms with Crippen LogP contribution in [0, 0.1) is 11.3 Å². The van der Waals surface area contributed by atoms with E-state index in [1.807, 2.05) is 11.4 Å². The first-order valence-corrected chi connectivity index (χ1v) is 7.15. The number of hydrogen-bond acceptors (Lipinski definition) is 3. The highest BCUT2D eigenvalue weighted by atomic mass is 79.9. The lowest BCUT2D eigenvalue weighted by molar-refractivity contribution is -0.137. The number of halogens is 4. The largest absolute Gasteiger partial charge is 0.418 e. The zero-order valence-electron chi connectivity index (χ0n) is 9.96. The second-order valence-electron chi connectivity index (χ2n) is 3.95. The molecule has 0 aliphatic carbocycles. The first-order chi connectivity index (χ1) is 9.40. The fraction of sp³-hybridized carbons (Fsp3) is 0.154. The van der Waals surface area contributed by atoms with Crippen LogP contribution in [-0.2, 0) is 12.7 Å². The van der Waals surface area contributed by atoms with E-state index >= 15 is 0 Å². The van der Waals surface area contributed by atoms with E-state index in [1.54, 1.807) is 6.07 Å². The van der Waals surface area contributed by atoms with Crippen molar-refractivity contribution in [1.29, 1.82) is 5.26 Å². The quantitative estimate of drug-likeness (QED) is 0.834. The van der Waals surface area contributed by atoms with Crippen molar-refractivity contribution >= 4 is 33.0 Å². The molecule has 0 aliphatic rings. The molecule has 0 unspecified atom stereocenters. The van der Waals surface area contributed by atoms with E-state index in [2.05, 4.69) is 21.2 Å². The fourth-order valence-electron chi connectivity index (χ4n) is 1.63. The maximum atomic E-state index is 12.9. The van der Waals surface area contributed by atoms with Crippen molar-refractivity contribution in [3.8, 4) is 6.07 Å². The summed E-state index contributed by atoms with van der Waals surface area (Å²) in [5, 5.41) is 13.3. The molecule has 0 fully saturated rings. The van der Waals surface area contributed by atoms with E-state index < -0.39 is 11.7 Å². The van der Waals surface area contributed by atoms with Gasteiger partial charge >= 0.3 is 6.18 Å². The number of nitrogens with zero attached hydrogens (tertiary/aromatic N) is 1. The maximum absolute atomic E-state index is 12.9. The van der Waals surface area contributed by atoms with Crippen LogP contribution >= 0.6 is 27.3 Å². The minimum Gasteiger partial charge on any atom is -0.380 e. The molecule has 2 rings (SSSR count). The van der Waals surface area contributed by atoms with Gasteiger partial charge in [-0.3, -0.25) is 0 Å². The van der Waals surface area contributed by atoms with E-state index in [4.69, 9.17) is 5.26 Å². The standard InChI is InChI=1S/C13H8BrF3N2S/c14-9-4-10(20-7-9)6-19-12-2-1-8(5-18)3-11(12)13(15,16)17/h1-4,7,19H,6H2. The van der Waals surface area contributed by atoms with Crippen molar-refractivity contribution in [1.82, 2.24) is 0 Å². The number of hydrogen-bond donors (Lipinski definition) is 1. The minimum atomic E-state index is -4.49. The lowest BCUT2D eigenvalue weighted by Crippen LogP contribution is -2.11. The number of rotatable bonds is 3. The van der Waals surface area contributed by atoms with Gasteiger partial charge in [-0.1, -0.05) is 0 Å². The van der Waals surface area contributed by atoms with Crippen LogP contribution in [-0.4, -0.2) is 0 Å². The molecule has 0 radical (unpaired) electrons. The third-order valence-electron chi connectivity index (χ3n) is 2.53. The van der Waals surface area contributed by atoms with E-state index in [-0.39, 0.29) is 11.3 Å². The lowest BCUT2D eigenvalue weighted by Gasteiger charge is -2.14. The van der Waals surface area contributed by atoms with Gasteiger partial charge in [0.2, 0.25) is 0 Å². The zero-order chi connectivity index (χ0) is 14.8. The minimum absolute atomic E-state index is 0.0123.